The SMILES string of the molecule is N#Cc1cnn(C2CCCC2O)n1. The smallest absolute Gasteiger partial charge is 0.182 e. The van der Waals surface area contributed by atoms with Crippen LogP contribution in [0.15, 0.2) is 6.20 Å². The first-order valence-electron chi connectivity index (χ1n) is 4.31. The number of nitriles is 1. The minimum atomic E-state index is -0.362. The van der Waals surface area contributed by atoms with Crippen molar-refractivity contribution < 1.29 is 5.11 Å². The molecule has 0 aromatic carbocycles. The van der Waals surface area contributed by atoms with Crippen LogP contribution in [0.3, 0.4) is 0 Å². The normalized spacial score (nSPS) is 27.4. The molecule has 2 rings (SSSR count). The van der Waals surface area contributed by atoms with Crippen LogP contribution in [0.25, 0.3) is 0 Å². The summed E-state index contributed by atoms with van der Waals surface area (Å²) in [5.41, 5.74) is 0.305. The second-order valence-corrected chi connectivity index (χ2v) is 3.23. The molecule has 0 spiro atoms. The van der Waals surface area contributed by atoms with E-state index >= 15 is 0 Å². The van der Waals surface area contributed by atoms with Gasteiger partial charge in [-0.05, 0) is 19.3 Å². The van der Waals surface area contributed by atoms with E-state index in [1.165, 1.54) is 11.0 Å². The van der Waals surface area contributed by atoms with Gasteiger partial charge in [-0.3, -0.25) is 0 Å². The first kappa shape index (κ1) is 8.20. The molecule has 1 aliphatic rings. The standard InChI is InChI=1S/C8H10N4O/c9-4-6-5-10-12(11-6)7-2-1-3-8(7)13/h5,7-8,13H,1-3H2. The highest BCUT2D eigenvalue weighted by Crippen LogP contribution is 2.28. The highest BCUT2D eigenvalue weighted by molar-refractivity contribution is 5.12. The molecule has 0 radical (unpaired) electrons. The molecule has 2 unspecified atom stereocenters. The molecule has 5 nitrogen and oxygen atoms in total. The molecule has 13 heavy (non-hydrogen) atoms. The van der Waals surface area contributed by atoms with Crippen molar-refractivity contribution in [3.05, 3.63) is 11.9 Å². The van der Waals surface area contributed by atoms with Crippen molar-refractivity contribution in [3.63, 3.8) is 0 Å². The summed E-state index contributed by atoms with van der Waals surface area (Å²) in [4.78, 5) is 1.45. The molecule has 2 atom stereocenters. The second kappa shape index (κ2) is 3.15. The third-order valence-corrected chi connectivity index (χ3v) is 2.36. The van der Waals surface area contributed by atoms with E-state index in [0.717, 1.165) is 19.3 Å². The Labute approximate surface area is 75.6 Å². The van der Waals surface area contributed by atoms with E-state index in [-0.39, 0.29) is 12.1 Å². The Bertz CT molecular complexity index is 340. The Morgan fingerprint density at radius 3 is 3.00 bits per heavy atom. The summed E-state index contributed by atoms with van der Waals surface area (Å²) in [7, 11) is 0. The van der Waals surface area contributed by atoms with Crippen molar-refractivity contribution in [1.29, 1.82) is 5.26 Å². The molecule has 0 aliphatic heterocycles. The Kier molecular flexibility index (Phi) is 1.99. The Balaban J connectivity index is 2.21. The third kappa shape index (κ3) is 1.40. The molecule has 68 valence electrons. The van der Waals surface area contributed by atoms with Crippen LogP contribution in [-0.4, -0.2) is 26.2 Å². The fourth-order valence-corrected chi connectivity index (χ4v) is 1.68. The molecular weight excluding hydrogens is 168 g/mol. The summed E-state index contributed by atoms with van der Waals surface area (Å²) in [6, 6.07) is 1.87. The van der Waals surface area contributed by atoms with Crippen LogP contribution >= 0.6 is 0 Å². The van der Waals surface area contributed by atoms with E-state index < -0.39 is 0 Å². The highest BCUT2D eigenvalue weighted by atomic mass is 16.3. The van der Waals surface area contributed by atoms with E-state index in [1.807, 2.05) is 6.07 Å². The fraction of sp³-hybridized carbons (Fsp3) is 0.625. The molecular formula is C8H10N4O. The lowest BCUT2D eigenvalue weighted by atomic mass is 10.2. The molecule has 1 heterocycles. The van der Waals surface area contributed by atoms with Gasteiger partial charge in [0.1, 0.15) is 6.07 Å². The highest BCUT2D eigenvalue weighted by Gasteiger charge is 2.28. The number of aromatic nitrogens is 3. The van der Waals surface area contributed by atoms with Gasteiger partial charge in [0.05, 0.1) is 18.3 Å². The molecule has 0 amide bonds. The zero-order valence-electron chi connectivity index (χ0n) is 7.09. The minimum Gasteiger partial charge on any atom is -0.391 e. The van der Waals surface area contributed by atoms with Crippen molar-refractivity contribution in [2.24, 2.45) is 0 Å². The largest absolute Gasteiger partial charge is 0.391 e. The van der Waals surface area contributed by atoms with Crippen molar-refractivity contribution in [1.82, 2.24) is 15.0 Å². The molecule has 1 aromatic rings. The summed E-state index contributed by atoms with van der Waals surface area (Å²) in [6.07, 6.45) is 3.74. The van der Waals surface area contributed by atoms with E-state index in [0.29, 0.717) is 5.69 Å². The lowest BCUT2D eigenvalue weighted by Gasteiger charge is -2.12. The lowest BCUT2D eigenvalue weighted by Crippen LogP contribution is -2.20. The van der Waals surface area contributed by atoms with Crippen LogP contribution in [0.2, 0.25) is 0 Å². The molecule has 0 bridgehead atoms. The topological polar surface area (TPSA) is 74.7 Å². The van der Waals surface area contributed by atoms with E-state index in [2.05, 4.69) is 10.2 Å². The summed E-state index contributed by atoms with van der Waals surface area (Å²) < 4.78 is 0. The van der Waals surface area contributed by atoms with Gasteiger partial charge in [-0.2, -0.15) is 15.2 Å². The summed E-state index contributed by atoms with van der Waals surface area (Å²) in [5.74, 6) is 0. The summed E-state index contributed by atoms with van der Waals surface area (Å²) >= 11 is 0. The Morgan fingerprint density at radius 2 is 2.46 bits per heavy atom. The van der Waals surface area contributed by atoms with Gasteiger partial charge in [-0.25, -0.2) is 0 Å². The maximum absolute atomic E-state index is 9.54. The Hall–Kier alpha value is -1.41. The molecule has 0 saturated heterocycles. The van der Waals surface area contributed by atoms with E-state index in [4.69, 9.17) is 5.26 Å². The number of aliphatic hydroxyl groups excluding tert-OH is 1. The van der Waals surface area contributed by atoms with Crippen LogP contribution in [-0.2, 0) is 0 Å². The molecule has 1 N–H and O–H groups in total. The van der Waals surface area contributed by atoms with Crippen LogP contribution in [0.4, 0.5) is 0 Å². The number of rotatable bonds is 1. The Morgan fingerprint density at radius 1 is 1.62 bits per heavy atom. The van der Waals surface area contributed by atoms with Crippen LogP contribution in [0.5, 0.6) is 0 Å². The second-order valence-electron chi connectivity index (χ2n) is 3.23. The summed E-state index contributed by atoms with van der Waals surface area (Å²) in [6.45, 7) is 0. The molecule has 1 aliphatic carbocycles. The molecule has 1 aromatic heterocycles. The van der Waals surface area contributed by atoms with Crippen molar-refractivity contribution in [2.45, 2.75) is 31.4 Å². The monoisotopic (exact) mass is 178 g/mol. The van der Waals surface area contributed by atoms with Crippen LogP contribution < -0.4 is 0 Å². The average Bonchev–Trinajstić information content (AvgIpc) is 2.71. The van der Waals surface area contributed by atoms with Crippen LogP contribution in [0.1, 0.15) is 31.0 Å². The maximum Gasteiger partial charge on any atom is 0.182 e. The number of aliphatic hydroxyl groups is 1. The minimum absolute atomic E-state index is 0.0397. The number of hydrogen-bond donors (Lipinski definition) is 1. The van der Waals surface area contributed by atoms with E-state index in [1.54, 1.807) is 0 Å². The van der Waals surface area contributed by atoms with Gasteiger partial charge >= 0.3 is 0 Å². The molecule has 5 heteroatoms. The van der Waals surface area contributed by atoms with E-state index in [9.17, 15) is 5.11 Å². The van der Waals surface area contributed by atoms with Crippen molar-refractivity contribution in [3.8, 4) is 6.07 Å². The van der Waals surface area contributed by atoms with Gasteiger partial charge in [0.25, 0.3) is 0 Å². The predicted molar refractivity (Wildman–Crippen MR) is 43.6 cm³/mol. The van der Waals surface area contributed by atoms with Gasteiger partial charge < -0.3 is 5.11 Å². The molecule has 1 fully saturated rings. The van der Waals surface area contributed by atoms with Gasteiger partial charge in [0.15, 0.2) is 5.69 Å². The quantitative estimate of drug-likeness (QED) is 0.668. The zero-order valence-corrected chi connectivity index (χ0v) is 7.09. The maximum atomic E-state index is 9.54. The van der Waals surface area contributed by atoms with Gasteiger partial charge in [-0.1, -0.05) is 0 Å². The zero-order chi connectivity index (χ0) is 9.26. The predicted octanol–water partition coefficient (Wildman–Crippen LogP) is 0.236. The lowest BCUT2D eigenvalue weighted by molar-refractivity contribution is 0.122. The first-order valence-corrected chi connectivity index (χ1v) is 4.31. The van der Waals surface area contributed by atoms with Crippen molar-refractivity contribution >= 4 is 0 Å². The van der Waals surface area contributed by atoms with Gasteiger partial charge in [-0.15, -0.1) is 5.10 Å². The number of hydrogen-bond acceptors (Lipinski definition) is 4. The van der Waals surface area contributed by atoms with Crippen LogP contribution in [0, 0.1) is 11.3 Å². The molecule has 1 saturated carbocycles. The first-order chi connectivity index (χ1) is 6.31. The van der Waals surface area contributed by atoms with Gasteiger partial charge in [0, 0.05) is 0 Å². The van der Waals surface area contributed by atoms with Crippen molar-refractivity contribution in [2.75, 3.05) is 0 Å². The average molecular weight is 178 g/mol. The third-order valence-electron chi connectivity index (χ3n) is 2.36. The fourth-order valence-electron chi connectivity index (χ4n) is 1.68. The van der Waals surface area contributed by atoms with Gasteiger partial charge in [0.2, 0.25) is 0 Å². The number of nitrogens with zero attached hydrogens (tertiary/aromatic N) is 4. The summed E-state index contributed by atoms with van der Waals surface area (Å²) in [5, 5.41) is 26.0.